The van der Waals surface area contributed by atoms with E-state index in [1.54, 1.807) is 7.11 Å². The maximum Gasteiger partial charge on any atom is 0.0681 e. The fourth-order valence-corrected chi connectivity index (χ4v) is 2.67. The Morgan fingerprint density at radius 1 is 1.28 bits per heavy atom. The minimum Gasteiger partial charge on any atom is -0.392 e. The SMILES string of the molecule is COCC1CCCN(Cc2ccc(CO)cc2)C1. The van der Waals surface area contributed by atoms with Crippen molar-refractivity contribution in [2.75, 3.05) is 26.8 Å². The van der Waals surface area contributed by atoms with Crippen LogP contribution in [0, 0.1) is 5.92 Å². The van der Waals surface area contributed by atoms with Gasteiger partial charge >= 0.3 is 0 Å². The Bertz CT molecular complexity index is 348. The van der Waals surface area contributed by atoms with Crippen molar-refractivity contribution in [1.29, 1.82) is 0 Å². The number of rotatable bonds is 5. The van der Waals surface area contributed by atoms with Crippen molar-refractivity contribution in [2.45, 2.75) is 26.0 Å². The third-order valence-electron chi connectivity index (χ3n) is 3.62. The van der Waals surface area contributed by atoms with Crippen LogP contribution in [0.3, 0.4) is 0 Å². The van der Waals surface area contributed by atoms with Gasteiger partial charge in [-0.1, -0.05) is 24.3 Å². The van der Waals surface area contributed by atoms with Gasteiger partial charge in [-0.3, -0.25) is 4.90 Å². The number of piperidine rings is 1. The fourth-order valence-electron chi connectivity index (χ4n) is 2.67. The van der Waals surface area contributed by atoms with Gasteiger partial charge in [0.15, 0.2) is 0 Å². The highest BCUT2D eigenvalue weighted by atomic mass is 16.5. The second-order valence-corrected chi connectivity index (χ2v) is 5.17. The molecule has 1 aromatic carbocycles. The van der Waals surface area contributed by atoms with E-state index in [9.17, 15) is 0 Å². The van der Waals surface area contributed by atoms with E-state index < -0.39 is 0 Å². The van der Waals surface area contributed by atoms with E-state index in [4.69, 9.17) is 9.84 Å². The van der Waals surface area contributed by atoms with E-state index in [0.29, 0.717) is 5.92 Å². The molecule has 1 heterocycles. The lowest BCUT2D eigenvalue weighted by molar-refractivity contribution is 0.0874. The van der Waals surface area contributed by atoms with Crippen molar-refractivity contribution >= 4 is 0 Å². The third-order valence-corrected chi connectivity index (χ3v) is 3.62. The lowest BCUT2D eigenvalue weighted by Gasteiger charge is -2.32. The first-order valence-corrected chi connectivity index (χ1v) is 6.72. The molecule has 0 aliphatic carbocycles. The molecule has 1 unspecified atom stereocenters. The Morgan fingerprint density at radius 2 is 2.00 bits per heavy atom. The van der Waals surface area contributed by atoms with Gasteiger partial charge in [-0.05, 0) is 36.4 Å². The van der Waals surface area contributed by atoms with Crippen molar-refractivity contribution in [3.05, 3.63) is 35.4 Å². The minimum atomic E-state index is 0.125. The van der Waals surface area contributed by atoms with Gasteiger partial charge in [0.1, 0.15) is 0 Å². The molecular weight excluding hydrogens is 226 g/mol. The lowest BCUT2D eigenvalue weighted by atomic mass is 9.98. The number of hydrogen-bond acceptors (Lipinski definition) is 3. The van der Waals surface area contributed by atoms with Crippen LogP contribution in [0.15, 0.2) is 24.3 Å². The van der Waals surface area contributed by atoms with E-state index in [0.717, 1.165) is 25.3 Å². The fraction of sp³-hybridized carbons (Fsp3) is 0.600. The summed E-state index contributed by atoms with van der Waals surface area (Å²) in [5, 5.41) is 9.02. The summed E-state index contributed by atoms with van der Waals surface area (Å²) in [7, 11) is 1.78. The summed E-state index contributed by atoms with van der Waals surface area (Å²) >= 11 is 0. The van der Waals surface area contributed by atoms with Gasteiger partial charge in [0, 0.05) is 20.2 Å². The van der Waals surface area contributed by atoms with Crippen LogP contribution in [0.5, 0.6) is 0 Å². The zero-order valence-electron chi connectivity index (χ0n) is 11.1. The highest BCUT2D eigenvalue weighted by Crippen LogP contribution is 2.19. The number of likely N-dealkylation sites (tertiary alicyclic amines) is 1. The maximum absolute atomic E-state index is 9.02. The number of hydrogen-bond donors (Lipinski definition) is 1. The lowest BCUT2D eigenvalue weighted by Crippen LogP contribution is -2.36. The molecule has 3 heteroatoms. The monoisotopic (exact) mass is 249 g/mol. The number of methoxy groups -OCH3 is 1. The summed E-state index contributed by atoms with van der Waals surface area (Å²) in [4.78, 5) is 2.50. The molecule has 0 amide bonds. The molecule has 2 rings (SSSR count). The summed E-state index contributed by atoms with van der Waals surface area (Å²) in [5.74, 6) is 0.681. The molecule has 1 atom stereocenters. The summed E-state index contributed by atoms with van der Waals surface area (Å²) in [6, 6.07) is 8.24. The quantitative estimate of drug-likeness (QED) is 0.867. The maximum atomic E-state index is 9.02. The standard InChI is InChI=1S/C15H23NO2/c1-18-12-15-3-2-8-16(10-15)9-13-4-6-14(11-17)7-5-13/h4-7,15,17H,2-3,8-12H2,1H3. The van der Waals surface area contributed by atoms with Crippen molar-refractivity contribution in [1.82, 2.24) is 4.90 Å². The Kier molecular flexibility index (Phi) is 5.17. The van der Waals surface area contributed by atoms with Crippen LogP contribution in [0.2, 0.25) is 0 Å². The summed E-state index contributed by atoms with van der Waals surface area (Å²) in [5.41, 5.74) is 2.31. The second-order valence-electron chi connectivity index (χ2n) is 5.17. The predicted molar refractivity (Wildman–Crippen MR) is 72.2 cm³/mol. The van der Waals surface area contributed by atoms with Crippen molar-refractivity contribution in [3.63, 3.8) is 0 Å². The third kappa shape index (κ3) is 3.80. The van der Waals surface area contributed by atoms with Crippen LogP contribution >= 0.6 is 0 Å². The average Bonchev–Trinajstić information content (AvgIpc) is 2.40. The van der Waals surface area contributed by atoms with Crippen molar-refractivity contribution in [2.24, 2.45) is 5.92 Å². The number of benzene rings is 1. The first kappa shape index (κ1) is 13.5. The van der Waals surface area contributed by atoms with Crippen molar-refractivity contribution in [3.8, 4) is 0 Å². The Labute approximate surface area is 109 Å². The second kappa shape index (κ2) is 6.88. The van der Waals surface area contributed by atoms with Gasteiger partial charge in [0.2, 0.25) is 0 Å². The molecule has 0 saturated carbocycles. The number of aliphatic hydroxyl groups excluding tert-OH is 1. The highest BCUT2D eigenvalue weighted by molar-refractivity contribution is 5.21. The van der Waals surface area contributed by atoms with Crippen molar-refractivity contribution < 1.29 is 9.84 Å². The highest BCUT2D eigenvalue weighted by Gasteiger charge is 2.19. The van der Waals surface area contributed by atoms with Crippen LogP contribution in [0.4, 0.5) is 0 Å². The molecule has 0 radical (unpaired) electrons. The van der Waals surface area contributed by atoms with Crippen LogP contribution in [0.1, 0.15) is 24.0 Å². The van der Waals surface area contributed by atoms with Gasteiger partial charge in [0.25, 0.3) is 0 Å². The van der Waals surface area contributed by atoms with Gasteiger partial charge in [0.05, 0.1) is 13.2 Å². The molecule has 100 valence electrons. The molecule has 1 N–H and O–H groups in total. The molecule has 1 aliphatic heterocycles. The molecular formula is C15H23NO2. The van der Waals surface area contributed by atoms with E-state index in [1.807, 2.05) is 12.1 Å². The smallest absolute Gasteiger partial charge is 0.0681 e. The summed E-state index contributed by atoms with van der Waals surface area (Å²) < 4.78 is 5.26. The minimum absolute atomic E-state index is 0.125. The molecule has 3 nitrogen and oxygen atoms in total. The summed E-state index contributed by atoms with van der Waals surface area (Å²) in [6.45, 7) is 4.32. The largest absolute Gasteiger partial charge is 0.392 e. The Hall–Kier alpha value is -0.900. The van der Waals surface area contributed by atoms with Crippen LogP contribution in [0.25, 0.3) is 0 Å². The van der Waals surface area contributed by atoms with Crippen LogP contribution in [-0.2, 0) is 17.9 Å². The molecule has 0 aromatic heterocycles. The van der Waals surface area contributed by atoms with E-state index in [-0.39, 0.29) is 6.61 Å². The topological polar surface area (TPSA) is 32.7 Å². The van der Waals surface area contributed by atoms with Crippen LogP contribution in [-0.4, -0.2) is 36.8 Å². The Morgan fingerprint density at radius 3 is 2.67 bits per heavy atom. The van der Waals surface area contributed by atoms with Gasteiger partial charge in [-0.25, -0.2) is 0 Å². The predicted octanol–water partition coefficient (Wildman–Crippen LogP) is 2.04. The zero-order valence-corrected chi connectivity index (χ0v) is 11.1. The van der Waals surface area contributed by atoms with E-state index in [2.05, 4.69) is 17.0 Å². The Balaban J connectivity index is 1.87. The van der Waals surface area contributed by atoms with E-state index in [1.165, 1.54) is 24.9 Å². The number of nitrogens with zero attached hydrogens (tertiary/aromatic N) is 1. The first-order valence-electron chi connectivity index (χ1n) is 6.72. The summed E-state index contributed by atoms with van der Waals surface area (Å²) in [6.07, 6.45) is 2.55. The van der Waals surface area contributed by atoms with Crippen LogP contribution < -0.4 is 0 Å². The molecule has 18 heavy (non-hydrogen) atoms. The molecule has 1 saturated heterocycles. The normalized spacial score (nSPS) is 21.1. The van der Waals surface area contributed by atoms with E-state index >= 15 is 0 Å². The van der Waals surface area contributed by atoms with Gasteiger partial charge in [-0.15, -0.1) is 0 Å². The number of aliphatic hydroxyl groups is 1. The zero-order chi connectivity index (χ0) is 12.8. The van der Waals surface area contributed by atoms with Gasteiger partial charge in [-0.2, -0.15) is 0 Å². The molecule has 0 bridgehead atoms. The van der Waals surface area contributed by atoms with Gasteiger partial charge < -0.3 is 9.84 Å². The first-order chi connectivity index (χ1) is 8.81. The molecule has 0 spiro atoms. The number of ether oxygens (including phenoxy) is 1. The molecule has 1 aromatic rings. The molecule has 1 fully saturated rings. The average molecular weight is 249 g/mol. The molecule has 1 aliphatic rings.